The van der Waals surface area contributed by atoms with E-state index in [1.807, 2.05) is 12.1 Å². The lowest BCUT2D eigenvalue weighted by molar-refractivity contribution is -0.106. The fraction of sp³-hybridized carbons (Fsp3) is 0.364. The van der Waals surface area contributed by atoms with Gasteiger partial charge in [-0.1, -0.05) is 13.0 Å². The predicted octanol–water partition coefficient (Wildman–Crippen LogP) is 0.661. The third-order valence-electron chi connectivity index (χ3n) is 5.23. The molecule has 11 heteroatoms. The molecule has 0 saturated heterocycles. The van der Waals surface area contributed by atoms with Crippen LogP contribution >= 0.6 is 0 Å². The van der Waals surface area contributed by atoms with Crippen molar-refractivity contribution in [1.29, 1.82) is 5.41 Å². The summed E-state index contributed by atoms with van der Waals surface area (Å²) < 4.78 is 5.45. The molecule has 1 aliphatic rings. The van der Waals surface area contributed by atoms with Gasteiger partial charge in [0.05, 0.1) is 25.3 Å². The molecule has 33 heavy (non-hydrogen) atoms. The molecule has 0 bridgehead atoms. The van der Waals surface area contributed by atoms with Gasteiger partial charge in [0.15, 0.2) is 5.84 Å². The maximum atomic E-state index is 12.9. The van der Waals surface area contributed by atoms with Gasteiger partial charge < -0.3 is 20.9 Å². The number of aliphatic hydroxyl groups excluding tert-OH is 1. The number of hydrogen-bond donors (Lipinski definition) is 5. The highest BCUT2D eigenvalue weighted by Gasteiger charge is 2.23. The van der Waals surface area contributed by atoms with E-state index in [0.29, 0.717) is 17.1 Å². The summed E-state index contributed by atoms with van der Waals surface area (Å²) in [5, 5.41) is 21.3. The summed E-state index contributed by atoms with van der Waals surface area (Å²) in [6.45, 7) is 6.20. The third-order valence-corrected chi connectivity index (χ3v) is 5.23. The minimum Gasteiger partial charge on any atom is -0.496 e. The highest BCUT2D eigenvalue weighted by atomic mass is 16.5. The van der Waals surface area contributed by atoms with Crippen LogP contribution in [0.3, 0.4) is 0 Å². The van der Waals surface area contributed by atoms with E-state index in [0.717, 1.165) is 30.2 Å². The topological polar surface area (TPSA) is 171 Å². The Morgan fingerprint density at radius 3 is 2.61 bits per heavy atom. The number of pyridine rings is 1. The number of carbonyl (C=O) groups is 2. The largest absolute Gasteiger partial charge is 0.496 e. The second kappa shape index (κ2) is 11.9. The maximum Gasteiger partial charge on any atom is 0.260 e. The molecule has 0 saturated carbocycles. The highest BCUT2D eigenvalue weighted by Crippen LogP contribution is 2.30. The number of carbonyl (C=O) groups excluding carboxylic acids is 2. The molecule has 2 aromatic rings. The van der Waals surface area contributed by atoms with E-state index in [1.54, 1.807) is 32.2 Å². The Kier molecular flexibility index (Phi) is 9.28. The Hall–Kier alpha value is -3.54. The Labute approximate surface area is 192 Å². The van der Waals surface area contributed by atoms with Gasteiger partial charge in [-0.25, -0.2) is 10.8 Å². The van der Waals surface area contributed by atoms with E-state index in [-0.39, 0.29) is 30.5 Å². The molecule has 2 heterocycles. The Morgan fingerprint density at radius 2 is 2.03 bits per heavy atom. The smallest absolute Gasteiger partial charge is 0.260 e. The van der Waals surface area contributed by atoms with Crippen molar-refractivity contribution in [1.82, 2.24) is 14.9 Å². The summed E-state index contributed by atoms with van der Waals surface area (Å²) in [4.78, 5) is 28.1. The van der Waals surface area contributed by atoms with Crippen LogP contribution < -0.4 is 21.6 Å². The Bertz CT molecular complexity index is 999. The highest BCUT2D eigenvalue weighted by molar-refractivity contribution is 6.06. The van der Waals surface area contributed by atoms with Gasteiger partial charge in [-0.2, -0.15) is 0 Å². The first-order valence-corrected chi connectivity index (χ1v) is 10.4. The molecule has 1 atom stereocenters. The van der Waals surface area contributed by atoms with Crippen molar-refractivity contribution in [3.63, 3.8) is 0 Å². The van der Waals surface area contributed by atoms with Crippen LogP contribution in [-0.4, -0.2) is 64.5 Å². The number of amides is 2. The number of aromatic nitrogens is 1. The van der Waals surface area contributed by atoms with Crippen LogP contribution in [0.15, 0.2) is 30.3 Å². The fourth-order valence-corrected chi connectivity index (χ4v) is 3.33. The summed E-state index contributed by atoms with van der Waals surface area (Å²) in [6.07, 6.45) is 0.250. The van der Waals surface area contributed by atoms with Crippen molar-refractivity contribution in [2.24, 2.45) is 11.6 Å². The number of ether oxygens (including phenoxy) is 1. The van der Waals surface area contributed by atoms with Crippen LogP contribution in [-0.2, 0) is 17.9 Å². The zero-order valence-corrected chi connectivity index (χ0v) is 19.0. The molecule has 7 N–H and O–H groups in total. The number of nitrogens with two attached hydrogens (primary N) is 2. The predicted molar refractivity (Wildman–Crippen MR) is 125 cm³/mol. The molecule has 2 amide bonds. The van der Waals surface area contributed by atoms with Gasteiger partial charge in [-0.05, 0) is 48.9 Å². The number of anilines is 1. The molecule has 3 rings (SSSR count). The second-order valence-corrected chi connectivity index (χ2v) is 7.41. The van der Waals surface area contributed by atoms with E-state index in [4.69, 9.17) is 20.8 Å². The zero-order chi connectivity index (χ0) is 24.5. The number of rotatable bonds is 7. The lowest BCUT2D eigenvalue weighted by atomic mass is 10.0. The van der Waals surface area contributed by atoms with Gasteiger partial charge in [0.25, 0.3) is 5.91 Å². The minimum absolute atomic E-state index is 0.0533. The number of aliphatic hydroxyl groups is 1. The maximum absolute atomic E-state index is 12.9. The lowest BCUT2D eigenvalue weighted by Crippen LogP contribution is -2.46. The van der Waals surface area contributed by atoms with Crippen LogP contribution in [0, 0.1) is 5.41 Å². The van der Waals surface area contributed by atoms with Crippen molar-refractivity contribution < 1.29 is 19.4 Å². The molecule has 1 aromatic heterocycles. The molecule has 0 radical (unpaired) electrons. The zero-order valence-electron chi connectivity index (χ0n) is 19.0. The van der Waals surface area contributed by atoms with Crippen molar-refractivity contribution in [3.05, 3.63) is 52.7 Å². The van der Waals surface area contributed by atoms with Crippen LogP contribution in [0.4, 0.5) is 5.82 Å². The summed E-state index contributed by atoms with van der Waals surface area (Å²) >= 11 is 0. The quantitative estimate of drug-likeness (QED) is 0.133. The summed E-state index contributed by atoms with van der Waals surface area (Å²) in [5.74, 6) is 6.28. The summed E-state index contributed by atoms with van der Waals surface area (Å²) in [5.41, 5.74) is 7.17. The molecule has 1 unspecified atom stereocenters. The number of benzene rings is 1. The monoisotopic (exact) mass is 457 g/mol. The van der Waals surface area contributed by atoms with Gasteiger partial charge in [0.1, 0.15) is 17.3 Å². The fourth-order valence-electron chi connectivity index (χ4n) is 3.33. The SMILES string of the molecule is CCN1Cc2cc(OC)c(C(=O)Nc3cccc(C(=N)N(N)C(C)CO)n3)cc2C1.NC=O. The number of amidine groups is 1. The minimum atomic E-state index is -0.434. The van der Waals surface area contributed by atoms with Crippen LogP contribution in [0.2, 0.25) is 0 Å². The van der Waals surface area contributed by atoms with Gasteiger partial charge in [-0.3, -0.25) is 24.9 Å². The summed E-state index contributed by atoms with van der Waals surface area (Å²) in [6, 6.07) is 8.30. The number of hydrazine groups is 1. The second-order valence-electron chi connectivity index (χ2n) is 7.41. The normalized spacial score (nSPS) is 13.2. The Balaban J connectivity index is 0.00000122. The van der Waals surface area contributed by atoms with Gasteiger partial charge in [0.2, 0.25) is 6.41 Å². The molecule has 178 valence electrons. The number of primary amides is 1. The standard InChI is InChI=1S/C21H28N6O3.CH3NO/c1-4-26-10-14-8-16(18(30-3)9-15(14)11-26)21(29)25-19-7-5-6-17(24-19)20(22)27(23)13(2)12-28;2-1-3/h5-9,13,22,28H,4,10-12,23H2,1-3H3,(H,24,25,29);1H,(H2,2,3). The molecular weight excluding hydrogens is 426 g/mol. The molecule has 1 aromatic carbocycles. The molecule has 1 aliphatic heterocycles. The molecule has 11 nitrogen and oxygen atoms in total. The van der Waals surface area contributed by atoms with E-state index in [9.17, 15) is 9.90 Å². The van der Waals surface area contributed by atoms with Crippen molar-refractivity contribution in [2.75, 3.05) is 25.6 Å². The molecular formula is C22H31N7O4. The van der Waals surface area contributed by atoms with Crippen molar-refractivity contribution in [2.45, 2.75) is 33.0 Å². The average molecular weight is 458 g/mol. The number of fused-ring (bicyclic) bond motifs is 1. The van der Waals surface area contributed by atoms with Crippen LogP contribution in [0.5, 0.6) is 5.75 Å². The van der Waals surface area contributed by atoms with Crippen molar-refractivity contribution >= 4 is 24.0 Å². The van der Waals surface area contributed by atoms with E-state index < -0.39 is 6.04 Å². The van der Waals surface area contributed by atoms with Gasteiger partial charge >= 0.3 is 0 Å². The number of hydrogen-bond acceptors (Lipinski definition) is 8. The first-order valence-electron chi connectivity index (χ1n) is 10.4. The molecule has 0 spiro atoms. The van der Waals surface area contributed by atoms with Gasteiger partial charge in [0, 0.05) is 13.1 Å². The first-order chi connectivity index (χ1) is 15.8. The number of nitrogens with one attached hydrogen (secondary N) is 2. The van der Waals surface area contributed by atoms with Crippen LogP contribution in [0.1, 0.15) is 41.0 Å². The van der Waals surface area contributed by atoms with E-state index >= 15 is 0 Å². The van der Waals surface area contributed by atoms with E-state index in [1.165, 1.54) is 5.56 Å². The third kappa shape index (κ3) is 6.25. The average Bonchev–Trinajstić information content (AvgIpc) is 3.24. The molecule has 0 fully saturated rings. The number of nitrogens with zero attached hydrogens (tertiary/aromatic N) is 3. The lowest BCUT2D eigenvalue weighted by Gasteiger charge is -2.24. The van der Waals surface area contributed by atoms with Gasteiger partial charge in [-0.15, -0.1) is 0 Å². The van der Waals surface area contributed by atoms with E-state index in [2.05, 4.69) is 27.9 Å². The van der Waals surface area contributed by atoms with Crippen LogP contribution in [0.25, 0.3) is 0 Å². The first kappa shape index (κ1) is 25.7. The Morgan fingerprint density at radius 1 is 1.39 bits per heavy atom. The summed E-state index contributed by atoms with van der Waals surface area (Å²) in [7, 11) is 1.55. The number of methoxy groups -OCH3 is 1. The molecule has 0 aliphatic carbocycles. The van der Waals surface area contributed by atoms with Crippen molar-refractivity contribution in [3.8, 4) is 5.75 Å².